The van der Waals surface area contributed by atoms with Crippen LogP contribution in [0.2, 0.25) is 0 Å². The Kier molecular flexibility index (Phi) is 4.25. The number of anilines is 1. The summed E-state index contributed by atoms with van der Waals surface area (Å²) in [6.45, 7) is 2.56. The van der Waals surface area contributed by atoms with Gasteiger partial charge in [0.2, 0.25) is 0 Å². The van der Waals surface area contributed by atoms with Crippen LogP contribution in [-0.4, -0.2) is 12.5 Å². The van der Waals surface area contributed by atoms with Crippen LogP contribution in [0, 0.1) is 0 Å². The standard InChI is InChI=1S/C16H18N2O2/c1-2-8-20-15-7-6-12(10-14(15)16(18)19)11-4-3-5-13(17)9-11/h3-7,9-10H,2,8,17H2,1H3,(H2,18,19). The van der Waals surface area contributed by atoms with E-state index in [0.29, 0.717) is 23.6 Å². The molecule has 0 aromatic heterocycles. The number of ether oxygens (including phenoxy) is 1. The minimum absolute atomic E-state index is 0.387. The number of amides is 1. The molecule has 0 spiro atoms. The lowest BCUT2D eigenvalue weighted by atomic mass is 10.0. The van der Waals surface area contributed by atoms with Gasteiger partial charge in [-0.25, -0.2) is 0 Å². The Morgan fingerprint density at radius 1 is 1.15 bits per heavy atom. The van der Waals surface area contributed by atoms with Gasteiger partial charge in [-0.1, -0.05) is 25.1 Å². The maximum absolute atomic E-state index is 11.6. The van der Waals surface area contributed by atoms with Crippen LogP contribution in [0.3, 0.4) is 0 Å². The highest BCUT2D eigenvalue weighted by atomic mass is 16.5. The van der Waals surface area contributed by atoms with Crippen molar-refractivity contribution in [3.05, 3.63) is 48.0 Å². The van der Waals surface area contributed by atoms with Crippen molar-refractivity contribution in [1.29, 1.82) is 0 Å². The molecule has 4 heteroatoms. The molecule has 0 saturated carbocycles. The summed E-state index contributed by atoms with van der Waals surface area (Å²) < 4.78 is 5.54. The lowest BCUT2D eigenvalue weighted by molar-refractivity contribution is 0.0996. The highest BCUT2D eigenvalue weighted by molar-refractivity contribution is 5.97. The lowest BCUT2D eigenvalue weighted by Crippen LogP contribution is -2.13. The predicted octanol–water partition coefficient (Wildman–Crippen LogP) is 2.82. The second-order valence-corrected chi connectivity index (χ2v) is 4.55. The summed E-state index contributed by atoms with van der Waals surface area (Å²) >= 11 is 0. The molecule has 2 rings (SSSR count). The van der Waals surface area contributed by atoms with Crippen molar-refractivity contribution in [1.82, 2.24) is 0 Å². The van der Waals surface area contributed by atoms with Gasteiger partial charge in [-0.05, 0) is 41.8 Å². The third-order valence-corrected chi connectivity index (χ3v) is 2.93. The molecule has 1 amide bonds. The minimum Gasteiger partial charge on any atom is -0.493 e. The number of hydrogen-bond donors (Lipinski definition) is 2. The van der Waals surface area contributed by atoms with Crippen LogP contribution in [0.15, 0.2) is 42.5 Å². The molecule has 0 heterocycles. The summed E-state index contributed by atoms with van der Waals surface area (Å²) in [4.78, 5) is 11.6. The third kappa shape index (κ3) is 3.09. The van der Waals surface area contributed by atoms with Crippen LogP contribution in [0.25, 0.3) is 11.1 Å². The molecule has 0 saturated heterocycles. The van der Waals surface area contributed by atoms with E-state index in [1.807, 2.05) is 37.3 Å². The molecule has 2 aromatic rings. The Labute approximate surface area is 118 Å². The summed E-state index contributed by atoms with van der Waals surface area (Å²) in [5.74, 6) is 0.0221. The van der Waals surface area contributed by atoms with E-state index >= 15 is 0 Å². The van der Waals surface area contributed by atoms with Gasteiger partial charge in [0, 0.05) is 5.69 Å². The summed E-state index contributed by atoms with van der Waals surface area (Å²) in [5, 5.41) is 0. The molecule has 0 fully saturated rings. The fourth-order valence-electron chi connectivity index (χ4n) is 1.96. The molecule has 0 bridgehead atoms. The molecule has 0 unspecified atom stereocenters. The van der Waals surface area contributed by atoms with Crippen molar-refractivity contribution in [3.8, 4) is 16.9 Å². The molecule has 0 aliphatic heterocycles. The monoisotopic (exact) mass is 270 g/mol. The molecule has 4 N–H and O–H groups in total. The molecule has 4 nitrogen and oxygen atoms in total. The number of hydrogen-bond acceptors (Lipinski definition) is 3. The Bertz CT molecular complexity index is 624. The number of nitrogen functional groups attached to an aromatic ring is 1. The molecule has 0 radical (unpaired) electrons. The average molecular weight is 270 g/mol. The molecule has 20 heavy (non-hydrogen) atoms. The molecule has 0 aliphatic carbocycles. The van der Waals surface area contributed by atoms with E-state index in [9.17, 15) is 4.79 Å². The van der Waals surface area contributed by atoms with Crippen LogP contribution in [-0.2, 0) is 0 Å². The van der Waals surface area contributed by atoms with E-state index in [4.69, 9.17) is 16.2 Å². The second kappa shape index (κ2) is 6.10. The van der Waals surface area contributed by atoms with E-state index in [1.165, 1.54) is 0 Å². The summed E-state index contributed by atoms with van der Waals surface area (Å²) in [5.41, 5.74) is 14.1. The number of carbonyl (C=O) groups is 1. The number of carbonyl (C=O) groups excluding carboxylic acids is 1. The van der Waals surface area contributed by atoms with E-state index in [0.717, 1.165) is 17.5 Å². The molecular weight excluding hydrogens is 252 g/mol. The van der Waals surface area contributed by atoms with Crippen molar-refractivity contribution < 1.29 is 9.53 Å². The van der Waals surface area contributed by atoms with Gasteiger partial charge in [-0.15, -0.1) is 0 Å². The second-order valence-electron chi connectivity index (χ2n) is 4.55. The Hall–Kier alpha value is -2.49. The van der Waals surface area contributed by atoms with Crippen LogP contribution >= 0.6 is 0 Å². The molecule has 0 aliphatic rings. The first-order valence-corrected chi connectivity index (χ1v) is 6.54. The highest BCUT2D eigenvalue weighted by Crippen LogP contribution is 2.27. The zero-order valence-electron chi connectivity index (χ0n) is 11.4. The number of nitrogens with two attached hydrogens (primary N) is 2. The maximum Gasteiger partial charge on any atom is 0.252 e. The molecule has 104 valence electrons. The van der Waals surface area contributed by atoms with Gasteiger partial charge in [-0.3, -0.25) is 4.79 Å². The Morgan fingerprint density at radius 2 is 1.90 bits per heavy atom. The smallest absolute Gasteiger partial charge is 0.252 e. The first kappa shape index (κ1) is 13.9. The number of primary amides is 1. The zero-order valence-corrected chi connectivity index (χ0v) is 11.4. The van der Waals surface area contributed by atoms with E-state index in [-0.39, 0.29) is 0 Å². The quantitative estimate of drug-likeness (QED) is 0.820. The van der Waals surface area contributed by atoms with Crippen LogP contribution in [0.5, 0.6) is 5.75 Å². The topological polar surface area (TPSA) is 78.3 Å². The molecule has 2 aromatic carbocycles. The average Bonchev–Trinajstić information content (AvgIpc) is 2.44. The van der Waals surface area contributed by atoms with Gasteiger partial charge < -0.3 is 16.2 Å². The maximum atomic E-state index is 11.6. The summed E-state index contributed by atoms with van der Waals surface area (Å²) in [6, 6.07) is 12.9. The van der Waals surface area contributed by atoms with Crippen LogP contribution in [0.4, 0.5) is 5.69 Å². The van der Waals surface area contributed by atoms with Crippen molar-refractivity contribution in [2.45, 2.75) is 13.3 Å². The SMILES string of the molecule is CCCOc1ccc(-c2cccc(N)c2)cc1C(N)=O. The normalized spacial score (nSPS) is 10.2. The van der Waals surface area contributed by atoms with Gasteiger partial charge in [-0.2, -0.15) is 0 Å². The van der Waals surface area contributed by atoms with Gasteiger partial charge >= 0.3 is 0 Å². The van der Waals surface area contributed by atoms with Crippen LogP contribution < -0.4 is 16.2 Å². The minimum atomic E-state index is -0.498. The van der Waals surface area contributed by atoms with Crippen molar-refractivity contribution in [2.75, 3.05) is 12.3 Å². The van der Waals surface area contributed by atoms with E-state index in [1.54, 1.807) is 12.1 Å². The summed E-state index contributed by atoms with van der Waals surface area (Å²) in [7, 11) is 0. The Balaban J connectivity index is 2.42. The van der Waals surface area contributed by atoms with Gasteiger partial charge in [0.25, 0.3) is 5.91 Å². The largest absolute Gasteiger partial charge is 0.493 e. The van der Waals surface area contributed by atoms with E-state index < -0.39 is 5.91 Å². The third-order valence-electron chi connectivity index (χ3n) is 2.93. The first-order chi connectivity index (χ1) is 9.61. The van der Waals surface area contributed by atoms with Crippen molar-refractivity contribution in [3.63, 3.8) is 0 Å². The van der Waals surface area contributed by atoms with Gasteiger partial charge in [0.05, 0.1) is 12.2 Å². The Morgan fingerprint density at radius 3 is 2.55 bits per heavy atom. The number of benzene rings is 2. The van der Waals surface area contributed by atoms with E-state index in [2.05, 4.69) is 0 Å². The molecule has 0 atom stereocenters. The summed E-state index contributed by atoms with van der Waals surface area (Å²) in [6.07, 6.45) is 0.870. The van der Waals surface area contributed by atoms with Crippen LogP contribution in [0.1, 0.15) is 23.7 Å². The lowest BCUT2D eigenvalue weighted by Gasteiger charge is -2.11. The fraction of sp³-hybridized carbons (Fsp3) is 0.188. The van der Waals surface area contributed by atoms with Crippen molar-refractivity contribution in [2.24, 2.45) is 5.73 Å². The number of rotatable bonds is 5. The highest BCUT2D eigenvalue weighted by Gasteiger charge is 2.11. The zero-order chi connectivity index (χ0) is 14.5. The molecular formula is C16H18N2O2. The predicted molar refractivity (Wildman–Crippen MR) is 80.6 cm³/mol. The fourth-order valence-corrected chi connectivity index (χ4v) is 1.96. The van der Waals surface area contributed by atoms with Gasteiger partial charge in [0.1, 0.15) is 5.75 Å². The van der Waals surface area contributed by atoms with Gasteiger partial charge in [0.15, 0.2) is 0 Å². The van der Waals surface area contributed by atoms with Crippen molar-refractivity contribution >= 4 is 11.6 Å². The first-order valence-electron chi connectivity index (χ1n) is 6.54.